The Bertz CT molecular complexity index is 1140. The minimum absolute atomic E-state index is 0.224. The number of likely N-dealkylation sites (tertiary alicyclic amines) is 1. The van der Waals surface area contributed by atoms with Crippen molar-refractivity contribution in [3.05, 3.63) is 46.3 Å². The number of benzene rings is 1. The molecule has 1 aromatic carbocycles. The van der Waals surface area contributed by atoms with E-state index in [1.165, 1.54) is 48.1 Å². The predicted molar refractivity (Wildman–Crippen MR) is 127 cm³/mol. The number of nitrogens with zero attached hydrogens (tertiary/aromatic N) is 3. The molecule has 3 heterocycles. The van der Waals surface area contributed by atoms with Gasteiger partial charge in [-0.2, -0.15) is 4.98 Å². The highest BCUT2D eigenvalue weighted by molar-refractivity contribution is 7.15. The number of thiophene rings is 1. The van der Waals surface area contributed by atoms with Crippen molar-refractivity contribution in [2.24, 2.45) is 5.92 Å². The van der Waals surface area contributed by atoms with E-state index in [-0.39, 0.29) is 5.92 Å². The molecule has 2 aliphatic carbocycles. The average Bonchev–Trinajstić information content (AvgIpc) is 3.46. The van der Waals surface area contributed by atoms with Gasteiger partial charge in [0.15, 0.2) is 0 Å². The van der Waals surface area contributed by atoms with Crippen LogP contribution in [0.1, 0.15) is 72.9 Å². The fourth-order valence-corrected chi connectivity index (χ4v) is 6.90. The van der Waals surface area contributed by atoms with Crippen molar-refractivity contribution in [2.45, 2.75) is 63.3 Å². The molecule has 6 nitrogen and oxygen atoms in total. The highest BCUT2D eigenvalue weighted by atomic mass is 32.1. The summed E-state index contributed by atoms with van der Waals surface area (Å²) in [5.41, 5.74) is 3.72. The summed E-state index contributed by atoms with van der Waals surface area (Å²) in [4.78, 5) is 20.7. The molecule has 0 amide bonds. The maximum atomic E-state index is 11.2. The van der Waals surface area contributed by atoms with Crippen LogP contribution >= 0.6 is 11.3 Å². The third kappa shape index (κ3) is 4.02. The maximum absolute atomic E-state index is 11.2. The molecule has 3 aliphatic rings. The smallest absolute Gasteiger partial charge is 0.309 e. The zero-order valence-corrected chi connectivity index (χ0v) is 19.5. The predicted octanol–water partition coefficient (Wildman–Crippen LogP) is 5.91. The lowest BCUT2D eigenvalue weighted by Crippen LogP contribution is -2.52. The molecule has 1 saturated carbocycles. The van der Waals surface area contributed by atoms with Crippen LogP contribution in [0.5, 0.6) is 0 Å². The minimum atomic E-state index is -0.681. The minimum Gasteiger partial charge on any atom is -0.481 e. The van der Waals surface area contributed by atoms with E-state index in [1.807, 2.05) is 0 Å². The van der Waals surface area contributed by atoms with Crippen molar-refractivity contribution in [1.29, 1.82) is 0 Å². The standard InChI is InChI=1S/C26H29N3O3S/c30-26(31)19-14-29(15-19)21-7-4-8-22-20(21)13-23(33-22)24-27-25(32-28-24)18-11-9-17(10-12-18)16-5-2-1-3-6-16/h9-13,16,19,21H,1-8,14-15H2,(H,30,31). The van der Waals surface area contributed by atoms with Crippen LogP contribution in [0.2, 0.25) is 0 Å². The number of fused-ring (bicyclic) bond motifs is 1. The molecular weight excluding hydrogens is 434 g/mol. The molecule has 0 bridgehead atoms. The van der Waals surface area contributed by atoms with Crippen LogP contribution in [0.4, 0.5) is 0 Å². The summed E-state index contributed by atoms with van der Waals surface area (Å²) in [6.45, 7) is 1.29. The Morgan fingerprint density at radius 2 is 1.85 bits per heavy atom. The van der Waals surface area contributed by atoms with Crippen LogP contribution in [0.25, 0.3) is 22.2 Å². The monoisotopic (exact) mass is 463 g/mol. The quantitative estimate of drug-likeness (QED) is 0.507. The Labute approximate surface area is 197 Å². The van der Waals surface area contributed by atoms with Crippen molar-refractivity contribution in [1.82, 2.24) is 15.0 Å². The summed E-state index contributed by atoms with van der Waals surface area (Å²) >= 11 is 1.75. The second-order valence-corrected chi connectivity index (χ2v) is 10.9. The van der Waals surface area contributed by atoms with Crippen LogP contribution in [-0.2, 0) is 11.2 Å². The number of carboxylic acids is 1. The lowest BCUT2D eigenvalue weighted by molar-refractivity contribution is -0.149. The normalized spacial score (nSPS) is 22.1. The Hall–Kier alpha value is -2.51. The Morgan fingerprint density at radius 3 is 2.61 bits per heavy atom. The first-order valence-corrected chi connectivity index (χ1v) is 13.0. The number of rotatable bonds is 5. The molecule has 1 saturated heterocycles. The number of carbonyl (C=O) groups is 1. The number of carboxylic acid groups (broad SMARTS) is 1. The maximum Gasteiger partial charge on any atom is 0.309 e. The van der Waals surface area contributed by atoms with Crippen molar-refractivity contribution in [3.8, 4) is 22.2 Å². The van der Waals surface area contributed by atoms with Gasteiger partial charge in [0.25, 0.3) is 5.89 Å². The zero-order valence-electron chi connectivity index (χ0n) is 18.7. The van der Waals surface area contributed by atoms with E-state index in [1.54, 1.807) is 11.3 Å². The fourth-order valence-electron chi connectivity index (χ4n) is 5.72. The first kappa shape index (κ1) is 21.1. The largest absolute Gasteiger partial charge is 0.481 e. The highest BCUT2D eigenvalue weighted by Gasteiger charge is 2.39. The molecular formula is C26H29N3O3S. The molecule has 1 atom stereocenters. The van der Waals surface area contributed by atoms with Crippen molar-refractivity contribution in [2.75, 3.05) is 13.1 Å². The Balaban J connectivity index is 1.19. The molecule has 0 spiro atoms. The molecule has 3 aromatic rings. The molecule has 1 unspecified atom stereocenters. The van der Waals surface area contributed by atoms with Gasteiger partial charge in [-0.25, -0.2) is 0 Å². The van der Waals surface area contributed by atoms with Gasteiger partial charge in [-0.05, 0) is 67.3 Å². The average molecular weight is 464 g/mol. The molecule has 2 aromatic heterocycles. The highest BCUT2D eigenvalue weighted by Crippen LogP contribution is 2.44. The molecule has 1 N–H and O–H groups in total. The summed E-state index contributed by atoms with van der Waals surface area (Å²) in [6.07, 6.45) is 9.92. The van der Waals surface area contributed by atoms with Gasteiger partial charge in [0, 0.05) is 29.6 Å². The van der Waals surface area contributed by atoms with Gasteiger partial charge in [-0.1, -0.05) is 36.6 Å². The third-order valence-corrected chi connectivity index (χ3v) is 8.87. The molecule has 0 radical (unpaired) electrons. The lowest BCUT2D eigenvalue weighted by Gasteiger charge is -2.44. The summed E-state index contributed by atoms with van der Waals surface area (Å²) in [5.74, 6) is 0.993. The third-order valence-electron chi connectivity index (χ3n) is 7.66. The van der Waals surface area contributed by atoms with Gasteiger partial charge in [-0.3, -0.25) is 9.69 Å². The fraction of sp³-hybridized carbons (Fsp3) is 0.500. The van der Waals surface area contributed by atoms with Crippen LogP contribution < -0.4 is 0 Å². The van der Waals surface area contributed by atoms with E-state index < -0.39 is 5.97 Å². The number of aryl methyl sites for hydroxylation is 1. The van der Waals surface area contributed by atoms with Gasteiger partial charge in [0.2, 0.25) is 5.82 Å². The molecule has 172 valence electrons. The van der Waals surface area contributed by atoms with Gasteiger partial charge in [0.1, 0.15) is 0 Å². The number of hydrogen-bond donors (Lipinski definition) is 1. The Morgan fingerprint density at radius 1 is 1.06 bits per heavy atom. The second-order valence-electron chi connectivity index (χ2n) is 9.77. The molecule has 33 heavy (non-hydrogen) atoms. The first-order chi connectivity index (χ1) is 16.2. The first-order valence-electron chi connectivity index (χ1n) is 12.2. The van der Waals surface area contributed by atoms with E-state index in [0.717, 1.165) is 29.7 Å². The van der Waals surface area contributed by atoms with Crippen LogP contribution in [0.15, 0.2) is 34.9 Å². The Kier molecular flexibility index (Phi) is 5.54. The molecule has 7 heteroatoms. The van der Waals surface area contributed by atoms with Crippen molar-refractivity contribution >= 4 is 17.3 Å². The number of aliphatic carboxylic acids is 1. The van der Waals surface area contributed by atoms with E-state index in [2.05, 4.69) is 40.4 Å². The SMILES string of the molecule is O=C(O)C1CN(C2CCCc3sc(-c4noc(-c5ccc(C6CCCCC6)cc5)n4)cc32)C1. The van der Waals surface area contributed by atoms with Crippen LogP contribution in [-0.4, -0.2) is 39.2 Å². The van der Waals surface area contributed by atoms with E-state index in [4.69, 9.17) is 9.51 Å². The molecule has 6 rings (SSSR count). The van der Waals surface area contributed by atoms with Gasteiger partial charge < -0.3 is 9.63 Å². The van der Waals surface area contributed by atoms with Crippen LogP contribution in [0.3, 0.4) is 0 Å². The van der Waals surface area contributed by atoms with Gasteiger partial charge in [0.05, 0.1) is 10.8 Å². The van der Waals surface area contributed by atoms with Crippen molar-refractivity contribution in [3.63, 3.8) is 0 Å². The number of aromatic nitrogens is 2. The zero-order chi connectivity index (χ0) is 22.4. The van der Waals surface area contributed by atoms with E-state index in [9.17, 15) is 9.90 Å². The second kappa shape index (κ2) is 8.69. The summed E-state index contributed by atoms with van der Waals surface area (Å²) in [5, 5.41) is 13.5. The lowest BCUT2D eigenvalue weighted by atomic mass is 9.84. The summed E-state index contributed by atoms with van der Waals surface area (Å²) in [7, 11) is 0. The van der Waals surface area contributed by atoms with Crippen molar-refractivity contribution < 1.29 is 14.4 Å². The number of hydrogen-bond acceptors (Lipinski definition) is 6. The molecule has 1 aliphatic heterocycles. The van der Waals surface area contributed by atoms with Gasteiger partial charge in [-0.15, -0.1) is 11.3 Å². The topological polar surface area (TPSA) is 79.5 Å². The molecule has 2 fully saturated rings. The van der Waals surface area contributed by atoms with Crippen LogP contribution in [0, 0.1) is 5.92 Å². The summed E-state index contributed by atoms with van der Waals surface area (Å²) < 4.78 is 5.64. The van der Waals surface area contributed by atoms with E-state index >= 15 is 0 Å². The summed E-state index contributed by atoms with van der Waals surface area (Å²) in [6, 6.07) is 11.2. The van der Waals surface area contributed by atoms with Gasteiger partial charge >= 0.3 is 5.97 Å². The van der Waals surface area contributed by atoms with E-state index in [0.29, 0.717) is 36.8 Å².